The Balaban J connectivity index is 1.96. The fraction of sp³-hybridized carbons (Fsp3) is 0.250. The van der Waals surface area contributed by atoms with E-state index in [1.807, 2.05) is 0 Å². The van der Waals surface area contributed by atoms with Crippen LogP contribution in [-0.2, 0) is 11.3 Å². The van der Waals surface area contributed by atoms with Crippen LogP contribution in [0.1, 0.15) is 25.5 Å². The average molecular weight is 448 g/mol. The molecule has 0 saturated heterocycles. The number of halogens is 3. The van der Waals surface area contributed by atoms with Crippen molar-refractivity contribution in [3.05, 3.63) is 58.1 Å². The molecular weight excluding hydrogens is 429 g/mol. The molecule has 2 heterocycles. The Hall–Kier alpha value is -3.96. The van der Waals surface area contributed by atoms with Crippen molar-refractivity contribution >= 4 is 28.7 Å². The number of aromatic nitrogens is 3. The molecule has 0 radical (unpaired) electrons. The van der Waals surface area contributed by atoms with E-state index in [1.165, 1.54) is 29.0 Å². The third kappa shape index (κ3) is 5.02. The predicted octanol–water partition coefficient (Wildman–Crippen LogP) is 2.79. The second kappa shape index (κ2) is 8.65. The van der Waals surface area contributed by atoms with E-state index in [0.29, 0.717) is 11.4 Å². The molecule has 3 N–H and O–H groups in total. The molecule has 0 saturated carbocycles. The highest BCUT2D eigenvalue weighted by molar-refractivity contribution is 5.91. The Labute approximate surface area is 179 Å². The highest BCUT2D eigenvalue weighted by Gasteiger charge is 2.31. The van der Waals surface area contributed by atoms with Crippen LogP contribution in [0.4, 0.5) is 18.9 Å². The molecule has 0 atom stereocenters. The van der Waals surface area contributed by atoms with Crippen molar-refractivity contribution in [1.29, 1.82) is 10.8 Å². The van der Waals surface area contributed by atoms with Crippen molar-refractivity contribution in [3.8, 4) is 5.75 Å². The Kier molecular flexibility index (Phi) is 6.14. The topological polar surface area (TPSA) is 126 Å². The lowest BCUT2D eigenvalue weighted by atomic mass is 10.0. The van der Waals surface area contributed by atoms with Crippen LogP contribution in [0.2, 0.25) is 0 Å². The Morgan fingerprint density at radius 2 is 1.97 bits per heavy atom. The van der Waals surface area contributed by atoms with Crippen LogP contribution in [0.5, 0.6) is 5.75 Å². The summed E-state index contributed by atoms with van der Waals surface area (Å²) in [6, 6.07) is 6.21. The van der Waals surface area contributed by atoms with Gasteiger partial charge in [-0.05, 0) is 36.2 Å². The summed E-state index contributed by atoms with van der Waals surface area (Å²) in [5, 5.41) is 22.0. The van der Waals surface area contributed by atoms with Gasteiger partial charge in [0.1, 0.15) is 17.8 Å². The number of carbonyl (C=O) groups is 1. The van der Waals surface area contributed by atoms with Gasteiger partial charge in [0.15, 0.2) is 0 Å². The fourth-order valence-corrected chi connectivity index (χ4v) is 3.06. The molecule has 3 aromatic rings. The van der Waals surface area contributed by atoms with E-state index >= 15 is 0 Å². The lowest BCUT2D eigenvalue weighted by molar-refractivity contribution is -0.274. The molecule has 0 aliphatic heterocycles. The maximum Gasteiger partial charge on any atom is 0.573 e. The van der Waals surface area contributed by atoms with Crippen molar-refractivity contribution in [1.82, 2.24) is 14.3 Å². The summed E-state index contributed by atoms with van der Waals surface area (Å²) < 4.78 is 43.8. The molecule has 1 amide bonds. The standard InChI is InChI=1S/C20H19F3N6O3/c1-11(2)18-15-7-13(32-20(21,22)23)4-5-14(15)19(31)29(27-18)9-17(30)26-12-3-6-16(25)28(8-12)10-24/h3-8,10-11,24-25H,9H2,1-2H3,(H,26,30). The maximum absolute atomic E-state index is 12.8. The Morgan fingerprint density at radius 3 is 2.59 bits per heavy atom. The summed E-state index contributed by atoms with van der Waals surface area (Å²) >= 11 is 0. The van der Waals surface area contributed by atoms with Crippen LogP contribution in [0.25, 0.3) is 10.8 Å². The summed E-state index contributed by atoms with van der Waals surface area (Å²) in [5.74, 6) is -1.31. The fourth-order valence-electron chi connectivity index (χ4n) is 3.06. The number of rotatable bonds is 6. The van der Waals surface area contributed by atoms with E-state index in [1.54, 1.807) is 13.8 Å². The number of alkyl halides is 3. The molecule has 9 nitrogen and oxygen atoms in total. The average Bonchev–Trinajstić information content (AvgIpc) is 2.70. The summed E-state index contributed by atoms with van der Waals surface area (Å²) in [4.78, 5) is 25.3. The second-order valence-electron chi connectivity index (χ2n) is 7.15. The van der Waals surface area contributed by atoms with Gasteiger partial charge in [0.05, 0.1) is 23.1 Å². The molecule has 1 aromatic carbocycles. The maximum atomic E-state index is 12.8. The minimum Gasteiger partial charge on any atom is -0.406 e. The lowest BCUT2D eigenvalue weighted by Crippen LogP contribution is -2.31. The molecule has 0 bridgehead atoms. The molecule has 0 aliphatic carbocycles. The number of ether oxygens (including phenoxy) is 1. The van der Waals surface area contributed by atoms with E-state index in [-0.39, 0.29) is 22.2 Å². The van der Waals surface area contributed by atoms with Crippen molar-refractivity contribution < 1.29 is 22.7 Å². The van der Waals surface area contributed by atoms with Crippen LogP contribution < -0.4 is 21.1 Å². The van der Waals surface area contributed by atoms with Crippen LogP contribution in [0, 0.1) is 10.8 Å². The van der Waals surface area contributed by atoms with Gasteiger partial charge in [0.2, 0.25) is 5.91 Å². The first-order valence-corrected chi connectivity index (χ1v) is 9.36. The van der Waals surface area contributed by atoms with Gasteiger partial charge in [0, 0.05) is 11.6 Å². The van der Waals surface area contributed by atoms with Crippen molar-refractivity contribution in [2.45, 2.75) is 32.7 Å². The number of hydrogen-bond donors (Lipinski definition) is 3. The van der Waals surface area contributed by atoms with Crippen LogP contribution in [-0.4, -0.2) is 33.0 Å². The number of fused-ring (bicyclic) bond motifs is 1. The zero-order valence-corrected chi connectivity index (χ0v) is 17.0. The van der Waals surface area contributed by atoms with Crippen LogP contribution >= 0.6 is 0 Å². The first kappa shape index (κ1) is 22.7. The molecule has 0 aliphatic rings. The molecule has 168 valence electrons. The van der Waals surface area contributed by atoms with Gasteiger partial charge in [0.25, 0.3) is 5.56 Å². The molecule has 12 heteroatoms. The summed E-state index contributed by atoms with van der Waals surface area (Å²) in [6.45, 7) is 3.07. The molecule has 3 rings (SSSR count). The van der Waals surface area contributed by atoms with Crippen molar-refractivity contribution in [2.24, 2.45) is 0 Å². The lowest BCUT2D eigenvalue weighted by Gasteiger charge is -2.15. The van der Waals surface area contributed by atoms with Gasteiger partial charge >= 0.3 is 6.36 Å². The molecule has 2 aromatic heterocycles. The molecule has 0 spiro atoms. The Bertz CT molecular complexity index is 1310. The Morgan fingerprint density at radius 1 is 1.25 bits per heavy atom. The third-order valence-electron chi connectivity index (χ3n) is 4.43. The zero-order chi connectivity index (χ0) is 23.6. The monoisotopic (exact) mass is 448 g/mol. The number of pyridine rings is 1. The first-order chi connectivity index (χ1) is 15.0. The largest absolute Gasteiger partial charge is 0.573 e. The smallest absolute Gasteiger partial charge is 0.406 e. The van der Waals surface area contributed by atoms with E-state index in [2.05, 4.69) is 15.2 Å². The quantitative estimate of drug-likeness (QED) is 0.396. The molecule has 32 heavy (non-hydrogen) atoms. The third-order valence-corrected chi connectivity index (χ3v) is 4.43. The van der Waals surface area contributed by atoms with E-state index in [0.717, 1.165) is 23.2 Å². The first-order valence-electron chi connectivity index (χ1n) is 9.36. The second-order valence-corrected chi connectivity index (χ2v) is 7.15. The van der Waals surface area contributed by atoms with Crippen molar-refractivity contribution in [2.75, 3.05) is 5.32 Å². The summed E-state index contributed by atoms with van der Waals surface area (Å²) in [7, 11) is 0. The number of nitrogens with one attached hydrogen (secondary N) is 3. The van der Waals surface area contributed by atoms with E-state index in [9.17, 15) is 22.8 Å². The van der Waals surface area contributed by atoms with Gasteiger partial charge in [-0.25, -0.2) is 4.68 Å². The van der Waals surface area contributed by atoms with Gasteiger partial charge in [-0.2, -0.15) is 5.10 Å². The number of anilines is 1. The summed E-state index contributed by atoms with van der Waals surface area (Å²) in [5.41, 5.74) is 0.0385. The molecule has 0 unspecified atom stereocenters. The molecular formula is C20H19F3N6O3. The highest BCUT2D eigenvalue weighted by Crippen LogP contribution is 2.28. The highest BCUT2D eigenvalue weighted by atomic mass is 19.4. The minimum atomic E-state index is -4.87. The van der Waals surface area contributed by atoms with Gasteiger partial charge in [-0.3, -0.25) is 25.0 Å². The SMILES string of the molecule is CC(C)c1nn(CC(=O)Nc2ccc(=N)n(C=N)c2)c(=O)c2ccc(OC(F)(F)F)cc12. The molecule has 0 fully saturated rings. The number of hydrogen-bond acceptors (Lipinski definition) is 6. The minimum absolute atomic E-state index is 0.0425. The number of benzene rings is 1. The predicted molar refractivity (Wildman–Crippen MR) is 110 cm³/mol. The van der Waals surface area contributed by atoms with E-state index < -0.39 is 30.1 Å². The van der Waals surface area contributed by atoms with Gasteiger partial charge in [-0.1, -0.05) is 13.8 Å². The van der Waals surface area contributed by atoms with Gasteiger partial charge in [-0.15, -0.1) is 13.2 Å². The zero-order valence-electron chi connectivity index (χ0n) is 17.0. The van der Waals surface area contributed by atoms with Crippen molar-refractivity contribution in [3.63, 3.8) is 0 Å². The summed E-state index contributed by atoms with van der Waals surface area (Å²) in [6.07, 6.45) is -2.61. The normalized spacial score (nSPS) is 11.6. The number of nitrogens with zero attached hydrogens (tertiary/aromatic N) is 3. The van der Waals surface area contributed by atoms with Crippen LogP contribution in [0.3, 0.4) is 0 Å². The number of carbonyl (C=O) groups excluding carboxylic acids is 1. The van der Waals surface area contributed by atoms with Gasteiger partial charge < -0.3 is 10.1 Å². The van der Waals surface area contributed by atoms with Crippen LogP contribution in [0.15, 0.2) is 41.3 Å². The van der Waals surface area contributed by atoms with E-state index in [4.69, 9.17) is 10.8 Å². The number of amides is 1.